The third-order valence-corrected chi connectivity index (χ3v) is 2.50. The fourth-order valence-electron chi connectivity index (χ4n) is 1.23. The summed E-state index contributed by atoms with van der Waals surface area (Å²) >= 11 is 11.5. The zero-order valence-electron chi connectivity index (χ0n) is 8.36. The quantitative estimate of drug-likeness (QED) is 0.763. The Labute approximate surface area is 104 Å². The highest BCUT2D eigenvalue weighted by Gasteiger charge is 1.99. The summed E-state index contributed by atoms with van der Waals surface area (Å²) in [6.07, 6.45) is 1.67. The van der Waals surface area contributed by atoms with Gasteiger partial charge >= 0.3 is 0 Å². The first kappa shape index (κ1) is 11.2. The van der Waals surface area contributed by atoms with Crippen LogP contribution in [0.25, 0.3) is 0 Å². The second-order valence-corrected chi connectivity index (χ2v) is 3.88. The van der Waals surface area contributed by atoms with E-state index >= 15 is 0 Å². The standard InChI is InChI=1S/C12H9Cl2NO/c13-8-10-7-12(5-6-15-10)16-11-3-1-9(14)2-4-11/h1-7H,8H2. The van der Waals surface area contributed by atoms with Gasteiger partial charge < -0.3 is 4.74 Å². The average molecular weight is 254 g/mol. The van der Waals surface area contributed by atoms with E-state index in [0.717, 1.165) is 11.4 Å². The molecule has 0 saturated heterocycles. The van der Waals surface area contributed by atoms with Gasteiger partial charge in [-0.1, -0.05) is 11.6 Å². The third kappa shape index (κ3) is 2.87. The Balaban J connectivity index is 2.16. The Morgan fingerprint density at radius 3 is 2.50 bits per heavy atom. The highest BCUT2D eigenvalue weighted by molar-refractivity contribution is 6.30. The Morgan fingerprint density at radius 1 is 1.06 bits per heavy atom. The molecule has 0 N–H and O–H groups in total. The largest absolute Gasteiger partial charge is 0.457 e. The second kappa shape index (κ2) is 5.19. The fourth-order valence-corrected chi connectivity index (χ4v) is 1.50. The number of nitrogens with zero attached hydrogens (tertiary/aromatic N) is 1. The minimum absolute atomic E-state index is 0.373. The summed E-state index contributed by atoms with van der Waals surface area (Å²) in [4.78, 5) is 4.08. The molecule has 4 heteroatoms. The van der Waals surface area contributed by atoms with Crippen molar-refractivity contribution in [3.63, 3.8) is 0 Å². The summed E-state index contributed by atoms with van der Waals surface area (Å²) in [5.74, 6) is 1.82. The zero-order valence-corrected chi connectivity index (χ0v) is 9.87. The summed E-state index contributed by atoms with van der Waals surface area (Å²) in [7, 11) is 0. The second-order valence-electron chi connectivity index (χ2n) is 3.17. The summed E-state index contributed by atoms with van der Waals surface area (Å²) in [6, 6.07) is 10.8. The first-order valence-corrected chi connectivity index (χ1v) is 5.63. The summed E-state index contributed by atoms with van der Waals surface area (Å²) in [5, 5.41) is 0.684. The van der Waals surface area contributed by atoms with Gasteiger partial charge in [-0.05, 0) is 30.3 Å². The van der Waals surface area contributed by atoms with E-state index in [-0.39, 0.29) is 0 Å². The van der Waals surface area contributed by atoms with Crippen molar-refractivity contribution >= 4 is 23.2 Å². The smallest absolute Gasteiger partial charge is 0.130 e. The first-order chi connectivity index (χ1) is 7.78. The molecule has 0 aliphatic heterocycles. The van der Waals surface area contributed by atoms with E-state index in [0.29, 0.717) is 16.7 Å². The Kier molecular flexibility index (Phi) is 3.65. The maximum absolute atomic E-state index is 5.78. The van der Waals surface area contributed by atoms with Gasteiger partial charge in [0.05, 0.1) is 11.6 Å². The van der Waals surface area contributed by atoms with Crippen molar-refractivity contribution in [2.45, 2.75) is 5.88 Å². The Hall–Kier alpha value is -1.25. The topological polar surface area (TPSA) is 22.1 Å². The van der Waals surface area contributed by atoms with E-state index in [1.54, 1.807) is 24.4 Å². The van der Waals surface area contributed by atoms with Crippen LogP contribution in [0.5, 0.6) is 11.5 Å². The number of hydrogen-bond donors (Lipinski definition) is 0. The normalized spacial score (nSPS) is 10.1. The highest BCUT2D eigenvalue weighted by atomic mass is 35.5. The summed E-state index contributed by atoms with van der Waals surface area (Å²) in [5.41, 5.74) is 0.785. The molecule has 1 aromatic carbocycles. The van der Waals surface area contributed by atoms with Crippen LogP contribution >= 0.6 is 23.2 Å². The number of pyridine rings is 1. The lowest BCUT2D eigenvalue weighted by atomic mass is 10.3. The number of rotatable bonds is 3. The molecule has 0 fully saturated rings. The van der Waals surface area contributed by atoms with Gasteiger partial charge in [-0.2, -0.15) is 0 Å². The predicted molar refractivity (Wildman–Crippen MR) is 65.3 cm³/mol. The molecule has 0 atom stereocenters. The van der Waals surface area contributed by atoms with Crippen LogP contribution in [0.4, 0.5) is 0 Å². The lowest BCUT2D eigenvalue weighted by Gasteiger charge is -2.06. The molecule has 2 aromatic rings. The Morgan fingerprint density at radius 2 is 1.81 bits per heavy atom. The van der Waals surface area contributed by atoms with Gasteiger partial charge in [-0.15, -0.1) is 11.6 Å². The van der Waals surface area contributed by atoms with E-state index in [4.69, 9.17) is 27.9 Å². The maximum Gasteiger partial charge on any atom is 0.130 e. The van der Waals surface area contributed by atoms with Crippen LogP contribution in [0.3, 0.4) is 0 Å². The van der Waals surface area contributed by atoms with Crippen LogP contribution in [0.1, 0.15) is 5.69 Å². The molecule has 82 valence electrons. The molecule has 0 radical (unpaired) electrons. The number of ether oxygens (including phenoxy) is 1. The van der Waals surface area contributed by atoms with Gasteiger partial charge in [0.15, 0.2) is 0 Å². The lowest BCUT2D eigenvalue weighted by Crippen LogP contribution is -1.88. The number of alkyl halides is 1. The van der Waals surface area contributed by atoms with Crippen molar-refractivity contribution < 1.29 is 4.74 Å². The van der Waals surface area contributed by atoms with Crippen LogP contribution in [0.2, 0.25) is 5.02 Å². The van der Waals surface area contributed by atoms with Crippen LogP contribution in [-0.4, -0.2) is 4.98 Å². The molecule has 16 heavy (non-hydrogen) atoms. The summed E-state index contributed by atoms with van der Waals surface area (Å²) in [6.45, 7) is 0. The lowest BCUT2D eigenvalue weighted by molar-refractivity contribution is 0.481. The van der Waals surface area contributed by atoms with Crippen molar-refractivity contribution in [2.24, 2.45) is 0 Å². The van der Waals surface area contributed by atoms with Crippen LogP contribution in [-0.2, 0) is 5.88 Å². The Bertz CT molecular complexity index is 471. The SMILES string of the molecule is ClCc1cc(Oc2ccc(Cl)cc2)ccn1. The molecule has 0 bridgehead atoms. The van der Waals surface area contributed by atoms with Crippen LogP contribution < -0.4 is 4.74 Å². The molecule has 0 aliphatic rings. The van der Waals surface area contributed by atoms with Gasteiger partial charge in [0, 0.05) is 17.3 Å². The average Bonchev–Trinajstić information content (AvgIpc) is 2.32. The number of hydrogen-bond acceptors (Lipinski definition) is 2. The minimum Gasteiger partial charge on any atom is -0.457 e. The summed E-state index contributed by atoms with van der Waals surface area (Å²) < 4.78 is 5.62. The van der Waals surface area contributed by atoms with Gasteiger partial charge in [-0.25, -0.2) is 0 Å². The molecule has 1 aromatic heterocycles. The molecule has 0 amide bonds. The monoisotopic (exact) mass is 253 g/mol. The number of benzene rings is 1. The van der Waals surface area contributed by atoms with Crippen molar-refractivity contribution in [2.75, 3.05) is 0 Å². The fraction of sp³-hybridized carbons (Fsp3) is 0.0833. The van der Waals surface area contributed by atoms with Crippen molar-refractivity contribution in [3.8, 4) is 11.5 Å². The van der Waals surface area contributed by atoms with Crippen molar-refractivity contribution in [1.82, 2.24) is 4.98 Å². The van der Waals surface area contributed by atoms with Gasteiger partial charge in [0.2, 0.25) is 0 Å². The maximum atomic E-state index is 5.78. The van der Waals surface area contributed by atoms with E-state index in [2.05, 4.69) is 4.98 Å². The molecule has 0 spiro atoms. The predicted octanol–water partition coefficient (Wildman–Crippen LogP) is 4.27. The van der Waals surface area contributed by atoms with E-state index in [1.165, 1.54) is 0 Å². The molecule has 0 saturated carbocycles. The molecule has 0 aliphatic carbocycles. The van der Waals surface area contributed by atoms with Crippen LogP contribution in [0, 0.1) is 0 Å². The van der Waals surface area contributed by atoms with Gasteiger partial charge in [-0.3, -0.25) is 4.98 Å². The van der Waals surface area contributed by atoms with E-state index < -0.39 is 0 Å². The highest BCUT2D eigenvalue weighted by Crippen LogP contribution is 2.23. The molecular formula is C12H9Cl2NO. The first-order valence-electron chi connectivity index (χ1n) is 4.72. The molecule has 2 rings (SSSR count). The van der Waals surface area contributed by atoms with E-state index in [9.17, 15) is 0 Å². The molecule has 2 nitrogen and oxygen atoms in total. The molecular weight excluding hydrogens is 245 g/mol. The van der Waals surface area contributed by atoms with Crippen LogP contribution in [0.15, 0.2) is 42.6 Å². The molecule has 1 heterocycles. The molecule has 0 unspecified atom stereocenters. The zero-order chi connectivity index (χ0) is 11.4. The van der Waals surface area contributed by atoms with E-state index in [1.807, 2.05) is 18.2 Å². The number of halogens is 2. The van der Waals surface area contributed by atoms with Crippen molar-refractivity contribution in [3.05, 3.63) is 53.3 Å². The van der Waals surface area contributed by atoms with Gasteiger partial charge in [0.25, 0.3) is 0 Å². The van der Waals surface area contributed by atoms with Crippen molar-refractivity contribution in [1.29, 1.82) is 0 Å². The van der Waals surface area contributed by atoms with Gasteiger partial charge in [0.1, 0.15) is 11.5 Å². The third-order valence-electron chi connectivity index (χ3n) is 1.97. The number of aromatic nitrogens is 1. The minimum atomic E-state index is 0.373.